The van der Waals surface area contributed by atoms with Gasteiger partial charge < -0.3 is 0 Å². The van der Waals surface area contributed by atoms with Crippen LogP contribution in [0.15, 0.2) is 24.3 Å². The van der Waals surface area contributed by atoms with Crippen molar-refractivity contribution in [3.05, 3.63) is 56.9 Å². The molecule has 1 heterocycles. The largest absolute Gasteiger partial charge is 0.271 e. The summed E-state index contributed by atoms with van der Waals surface area (Å²) in [6.45, 7) is 5.23. The van der Waals surface area contributed by atoms with Crippen LogP contribution in [0, 0.1) is 30.9 Å². The first-order valence-corrected chi connectivity index (χ1v) is 7.13. The van der Waals surface area contributed by atoms with Crippen molar-refractivity contribution in [1.29, 1.82) is 0 Å². The second-order valence-corrected chi connectivity index (χ2v) is 5.34. The standard InChI is InChI=1S/C15H17N5O4/c1-9-4-5-12(20(23)24)7-13(9)15(22)17-16-14(21)8-19-11(3)6-10(2)18-19/h4-7H,8H2,1-3H3,(H,16,21)(H,17,22). The molecule has 24 heavy (non-hydrogen) atoms. The summed E-state index contributed by atoms with van der Waals surface area (Å²) < 4.78 is 1.51. The first-order chi connectivity index (χ1) is 11.3. The second-order valence-electron chi connectivity index (χ2n) is 5.34. The number of amides is 2. The Balaban J connectivity index is 2.00. The van der Waals surface area contributed by atoms with E-state index >= 15 is 0 Å². The molecule has 0 atom stereocenters. The van der Waals surface area contributed by atoms with Crippen LogP contribution in [-0.2, 0) is 11.3 Å². The van der Waals surface area contributed by atoms with Gasteiger partial charge in [-0.2, -0.15) is 5.10 Å². The number of carbonyl (C=O) groups excluding carboxylic acids is 2. The predicted octanol–water partition coefficient (Wildman–Crippen LogP) is 1.18. The van der Waals surface area contributed by atoms with Crippen molar-refractivity contribution in [3.8, 4) is 0 Å². The number of hydrogen-bond acceptors (Lipinski definition) is 5. The van der Waals surface area contributed by atoms with Gasteiger partial charge in [0.25, 0.3) is 17.5 Å². The minimum atomic E-state index is -0.627. The van der Waals surface area contributed by atoms with Crippen molar-refractivity contribution < 1.29 is 14.5 Å². The fourth-order valence-electron chi connectivity index (χ4n) is 2.17. The molecule has 0 unspecified atom stereocenters. The number of aryl methyl sites for hydroxylation is 3. The molecule has 0 bridgehead atoms. The van der Waals surface area contributed by atoms with Gasteiger partial charge in [0.1, 0.15) is 6.54 Å². The normalized spacial score (nSPS) is 10.3. The maximum Gasteiger partial charge on any atom is 0.270 e. The van der Waals surface area contributed by atoms with Crippen LogP contribution in [0.4, 0.5) is 5.69 Å². The molecule has 0 saturated heterocycles. The summed E-state index contributed by atoms with van der Waals surface area (Å²) in [6.07, 6.45) is 0. The molecule has 0 saturated carbocycles. The summed E-state index contributed by atoms with van der Waals surface area (Å²) in [4.78, 5) is 34.2. The first kappa shape index (κ1) is 17.1. The van der Waals surface area contributed by atoms with Crippen LogP contribution < -0.4 is 10.9 Å². The van der Waals surface area contributed by atoms with E-state index in [1.807, 2.05) is 19.9 Å². The summed E-state index contributed by atoms with van der Waals surface area (Å²) in [5, 5.41) is 14.9. The zero-order valence-corrected chi connectivity index (χ0v) is 13.5. The molecule has 9 heteroatoms. The smallest absolute Gasteiger partial charge is 0.270 e. The summed E-state index contributed by atoms with van der Waals surface area (Å²) in [7, 11) is 0. The summed E-state index contributed by atoms with van der Waals surface area (Å²) in [6, 6.07) is 5.79. The van der Waals surface area contributed by atoms with Crippen LogP contribution in [0.5, 0.6) is 0 Å². The number of hydrogen-bond donors (Lipinski definition) is 2. The van der Waals surface area contributed by atoms with Crippen LogP contribution in [0.25, 0.3) is 0 Å². The SMILES string of the molecule is Cc1cc(C)n(CC(=O)NNC(=O)c2cc([N+](=O)[O-])ccc2C)n1. The number of nitrogens with one attached hydrogen (secondary N) is 2. The van der Waals surface area contributed by atoms with Gasteiger partial charge in [-0.15, -0.1) is 0 Å². The van der Waals surface area contributed by atoms with E-state index in [9.17, 15) is 19.7 Å². The highest BCUT2D eigenvalue weighted by molar-refractivity contribution is 5.97. The Morgan fingerprint density at radius 3 is 2.50 bits per heavy atom. The Labute approximate surface area is 137 Å². The molecule has 9 nitrogen and oxygen atoms in total. The van der Waals surface area contributed by atoms with Gasteiger partial charge in [0, 0.05) is 17.8 Å². The molecule has 0 spiro atoms. The number of aromatic nitrogens is 2. The van der Waals surface area contributed by atoms with E-state index in [2.05, 4.69) is 16.0 Å². The van der Waals surface area contributed by atoms with Crippen molar-refractivity contribution >= 4 is 17.5 Å². The minimum absolute atomic E-state index is 0.0477. The van der Waals surface area contributed by atoms with E-state index in [1.54, 1.807) is 6.92 Å². The quantitative estimate of drug-likeness (QED) is 0.644. The second kappa shape index (κ2) is 6.90. The Kier molecular flexibility index (Phi) is 4.93. The van der Waals surface area contributed by atoms with Crippen LogP contribution >= 0.6 is 0 Å². The van der Waals surface area contributed by atoms with Gasteiger partial charge >= 0.3 is 0 Å². The predicted molar refractivity (Wildman–Crippen MR) is 85.1 cm³/mol. The molecule has 0 fully saturated rings. The summed E-state index contributed by atoms with van der Waals surface area (Å²) in [5.74, 6) is -1.09. The number of nitro groups is 1. The molecule has 2 rings (SSSR count). The molecule has 2 N–H and O–H groups in total. The van der Waals surface area contributed by atoms with Crippen LogP contribution in [0.2, 0.25) is 0 Å². The molecule has 2 aromatic rings. The lowest BCUT2D eigenvalue weighted by atomic mass is 10.1. The molecule has 0 aliphatic carbocycles. The number of rotatable bonds is 4. The fraction of sp³-hybridized carbons (Fsp3) is 0.267. The third-order valence-electron chi connectivity index (χ3n) is 3.39. The molecule has 1 aromatic carbocycles. The fourth-order valence-corrected chi connectivity index (χ4v) is 2.17. The molecule has 1 aromatic heterocycles. The lowest BCUT2D eigenvalue weighted by molar-refractivity contribution is -0.384. The number of carbonyl (C=O) groups is 2. The average molecular weight is 331 g/mol. The molecule has 0 radical (unpaired) electrons. The molecule has 0 aliphatic heterocycles. The number of nitrogens with zero attached hydrogens (tertiary/aromatic N) is 3. The van der Waals surface area contributed by atoms with Gasteiger partial charge in [0.2, 0.25) is 0 Å². The van der Waals surface area contributed by atoms with Crippen LogP contribution in [0.1, 0.15) is 27.3 Å². The zero-order chi connectivity index (χ0) is 17.9. The number of benzene rings is 1. The van der Waals surface area contributed by atoms with E-state index in [0.717, 1.165) is 17.5 Å². The first-order valence-electron chi connectivity index (χ1n) is 7.13. The van der Waals surface area contributed by atoms with E-state index in [1.165, 1.54) is 16.8 Å². The van der Waals surface area contributed by atoms with Crippen LogP contribution in [0.3, 0.4) is 0 Å². The Morgan fingerprint density at radius 1 is 1.21 bits per heavy atom. The summed E-state index contributed by atoms with van der Waals surface area (Å²) in [5.41, 5.74) is 6.62. The van der Waals surface area contributed by atoms with Crippen molar-refractivity contribution in [1.82, 2.24) is 20.6 Å². The lowest BCUT2D eigenvalue weighted by Crippen LogP contribution is -2.43. The molecular formula is C15H17N5O4. The highest BCUT2D eigenvalue weighted by Crippen LogP contribution is 2.17. The third-order valence-corrected chi connectivity index (χ3v) is 3.39. The molecule has 2 amide bonds. The highest BCUT2D eigenvalue weighted by Gasteiger charge is 2.15. The third kappa shape index (κ3) is 3.94. The Hall–Kier alpha value is -3.23. The van der Waals surface area contributed by atoms with E-state index in [0.29, 0.717) is 5.56 Å². The molecule has 126 valence electrons. The van der Waals surface area contributed by atoms with Crippen molar-refractivity contribution in [3.63, 3.8) is 0 Å². The zero-order valence-electron chi connectivity index (χ0n) is 13.5. The number of non-ortho nitro benzene ring substituents is 1. The minimum Gasteiger partial charge on any atom is -0.271 e. The van der Waals surface area contributed by atoms with Gasteiger partial charge in [-0.1, -0.05) is 6.07 Å². The van der Waals surface area contributed by atoms with Gasteiger partial charge in [-0.25, -0.2) is 0 Å². The topological polar surface area (TPSA) is 119 Å². The van der Waals surface area contributed by atoms with Crippen molar-refractivity contribution in [2.24, 2.45) is 0 Å². The Morgan fingerprint density at radius 2 is 1.92 bits per heavy atom. The lowest BCUT2D eigenvalue weighted by Gasteiger charge is -2.10. The maximum absolute atomic E-state index is 12.1. The monoisotopic (exact) mass is 331 g/mol. The molecule has 0 aliphatic rings. The van der Waals surface area contributed by atoms with E-state index < -0.39 is 16.7 Å². The average Bonchev–Trinajstić information content (AvgIpc) is 2.82. The van der Waals surface area contributed by atoms with E-state index in [4.69, 9.17) is 0 Å². The van der Waals surface area contributed by atoms with Gasteiger partial charge in [0.05, 0.1) is 16.2 Å². The number of hydrazine groups is 1. The highest BCUT2D eigenvalue weighted by atomic mass is 16.6. The van der Waals surface area contributed by atoms with Crippen LogP contribution in [-0.4, -0.2) is 26.5 Å². The van der Waals surface area contributed by atoms with Crippen molar-refractivity contribution in [2.75, 3.05) is 0 Å². The Bertz CT molecular complexity index is 812. The summed E-state index contributed by atoms with van der Waals surface area (Å²) >= 11 is 0. The van der Waals surface area contributed by atoms with Crippen molar-refractivity contribution in [2.45, 2.75) is 27.3 Å². The van der Waals surface area contributed by atoms with Gasteiger partial charge in [-0.3, -0.25) is 35.2 Å². The van der Waals surface area contributed by atoms with E-state index in [-0.39, 0.29) is 17.8 Å². The van der Waals surface area contributed by atoms with Gasteiger partial charge in [-0.05, 0) is 32.4 Å². The maximum atomic E-state index is 12.1. The number of nitro benzene ring substituents is 1. The molecular weight excluding hydrogens is 314 g/mol. The van der Waals surface area contributed by atoms with Gasteiger partial charge in [0.15, 0.2) is 0 Å².